The Morgan fingerprint density at radius 1 is 1.20 bits per heavy atom. The Kier molecular flexibility index (Phi) is 4.60. The van der Waals surface area contributed by atoms with Crippen LogP contribution in [0.4, 0.5) is 4.79 Å². The summed E-state index contributed by atoms with van der Waals surface area (Å²) in [5, 5.41) is 6.19. The molecule has 2 aliphatic rings. The van der Waals surface area contributed by atoms with Crippen LogP contribution in [0.2, 0.25) is 0 Å². The first-order valence-corrected chi connectivity index (χ1v) is 9.07. The summed E-state index contributed by atoms with van der Waals surface area (Å²) in [5.74, 6) is 2.08. The van der Waals surface area contributed by atoms with E-state index in [1.165, 1.54) is 12.8 Å². The molecule has 0 radical (unpaired) electrons. The number of carbonyl (C=O) groups is 1. The number of nitrogens with one attached hydrogen (secondary N) is 2. The Bertz CT molecular complexity index is 658. The van der Waals surface area contributed by atoms with Crippen LogP contribution < -0.4 is 20.1 Å². The molecule has 5 heteroatoms. The number of ether oxygens (including phenoxy) is 2. The summed E-state index contributed by atoms with van der Waals surface area (Å²) in [4.78, 5) is 12.4. The molecule has 2 fully saturated rings. The molecule has 3 rings (SSSR count). The maximum Gasteiger partial charge on any atom is 0.315 e. The fourth-order valence-electron chi connectivity index (χ4n) is 4.80. The van der Waals surface area contributed by atoms with Gasteiger partial charge in [-0.15, -0.1) is 0 Å². The fraction of sp³-hybridized carbons (Fsp3) is 0.650. The predicted molar refractivity (Wildman–Crippen MR) is 97.9 cm³/mol. The first-order chi connectivity index (χ1) is 11.8. The van der Waals surface area contributed by atoms with Crippen LogP contribution in [0.3, 0.4) is 0 Å². The maximum atomic E-state index is 12.4. The van der Waals surface area contributed by atoms with Crippen molar-refractivity contribution < 1.29 is 14.3 Å². The summed E-state index contributed by atoms with van der Waals surface area (Å²) in [6.45, 7) is 7.50. The Hall–Kier alpha value is -1.91. The zero-order valence-corrected chi connectivity index (χ0v) is 15.9. The zero-order valence-electron chi connectivity index (χ0n) is 15.9. The molecule has 2 bridgehead atoms. The molecule has 0 unspecified atom stereocenters. The molecule has 0 saturated heterocycles. The van der Waals surface area contributed by atoms with Gasteiger partial charge in [-0.1, -0.05) is 26.8 Å². The number of benzene rings is 1. The van der Waals surface area contributed by atoms with E-state index in [1.807, 2.05) is 18.2 Å². The van der Waals surface area contributed by atoms with Crippen molar-refractivity contribution in [2.75, 3.05) is 14.2 Å². The van der Waals surface area contributed by atoms with E-state index in [9.17, 15) is 4.79 Å². The second-order valence-electron chi connectivity index (χ2n) is 8.18. The molecule has 0 aliphatic heterocycles. The molecule has 138 valence electrons. The lowest BCUT2D eigenvalue weighted by molar-refractivity contribution is 0.123. The number of hydrogen-bond acceptors (Lipinski definition) is 3. The maximum absolute atomic E-state index is 12.4. The van der Waals surface area contributed by atoms with Crippen LogP contribution in [-0.4, -0.2) is 26.3 Å². The lowest BCUT2D eigenvalue weighted by Crippen LogP contribution is -2.49. The summed E-state index contributed by atoms with van der Waals surface area (Å²) in [5.41, 5.74) is 1.47. The van der Waals surface area contributed by atoms with E-state index in [-0.39, 0.29) is 17.5 Å². The normalized spacial score (nSPS) is 29.3. The van der Waals surface area contributed by atoms with Gasteiger partial charge in [0.1, 0.15) is 0 Å². The van der Waals surface area contributed by atoms with Gasteiger partial charge in [-0.05, 0) is 53.7 Å². The SMILES string of the molecule is COc1ccc(CNC(=O)N[C@@H]2C[C@@H]3CC[C@]2(C)C3(C)C)cc1OC. The predicted octanol–water partition coefficient (Wildman–Crippen LogP) is 3.72. The van der Waals surface area contributed by atoms with Gasteiger partial charge in [0.25, 0.3) is 0 Å². The van der Waals surface area contributed by atoms with Crippen LogP contribution in [-0.2, 0) is 6.54 Å². The van der Waals surface area contributed by atoms with E-state index in [0.717, 1.165) is 12.0 Å². The summed E-state index contributed by atoms with van der Waals surface area (Å²) < 4.78 is 10.5. The minimum Gasteiger partial charge on any atom is -0.493 e. The second kappa shape index (κ2) is 6.43. The lowest BCUT2D eigenvalue weighted by Gasteiger charge is -2.39. The third-order valence-electron chi connectivity index (χ3n) is 7.00. The van der Waals surface area contributed by atoms with E-state index in [0.29, 0.717) is 29.4 Å². The van der Waals surface area contributed by atoms with Gasteiger partial charge < -0.3 is 20.1 Å². The number of hydrogen-bond donors (Lipinski definition) is 2. The summed E-state index contributed by atoms with van der Waals surface area (Å²) in [7, 11) is 3.22. The standard InChI is InChI=1S/C20H30N2O3/c1-19(2)14-8-9-20(19,3)17(11-14)22-18(23)21-12-13-6-7-15(24-4)16(10-13)25-5/h6-7,10,14,17H,8-9,11-12H2,1-5H3,(H2,21,22,23)/t14-,17+,20-/m0/s1. The van der Waals surface area contributed by atoms with Crippen molar-refractivity contribution in [3.63, 3.8) is 0 Å². The Morgan fingerprint density at radius 3 is 2.48 bits per heavy atom. The van der Waals surface area contributed by atoms with Crippen molar-refractivity contribution in [1.82, 2.24) is 10.6 Å². The van der Waals surface area contributed by atoms with Gasteiger partial charge in [-0.2, -0.15) is 0 Å². The molecule has 2 aliphatic carbocycles. The smallest absolute Gasteiger partial charge is 0.315 e. The van der Waals surface area contributed by atoms with Gasteiger partial charge >= 0.3 is 6.03 Å². The van der Waals surface area contributed by atoms with E-state index >= 15 is 0 Å². The molecular weight excluding hydrogens is 316 g/mol. The van der Waals surface area contributed by atoms with Gasteiger partial charge in [0.05, 0.1) is 14.2 Å². The number of amides is 2. The third-order valence-corrected chi connectivity index (χ3v) is 7.00. The molecule has 0 spiro atoms. The van der Waals surface area contributed by atoms with Crippen molar-refractivity contribution in [2.24, 2.45) is 16.7 Å². The minimum absolute atomic E-state index is 0.0932. The van der Waals surface area contributed by atoms with Gasteiger partial charge in [0.2, 0.25) is 0 Å². The first kappa shape index (κ1) is 17.9. The Labute approximate surface area is 150 Å². The van der Waals surface area contributed by atoms with Crippen LogP contribution >= 0.6 is 0 Å². The lowest BCUT2D eigenvalue weighted by atomic mass is 9.69. The number of methoxy groups -OCH3 is 2. The van der Waals surface area contributed by atoms with E-state index in [1.54, 1.807) is 14.2 Å². The highest BCUT2D eigenvalue weighted by molar-refractivity contribution is 5.74. The number of fused-ring (bicyclic) bond motifs is 2. The first-order valence-electron chi connectivity index (χ1n) is 9.07. The quantitative estimate of drug-likeness (QED) is 0.854. The van der Waals surface area contributed by atoms with Crippen molar-refractivity contribution >= 4 is 6.03 Å². The monoisotopic (exact) mass is 346 g/mol. The molecule has 0 heterocycles. The third kappa shape index (κ3) is 2.94. The highest BCUT2D eigenvalue weighted by atomic mass is 16.5. The van der Waals surface area contributed by atoms with Crippen LogP contribution in [0.5, 0.6) is 11.5 Å². The van der Waals surface area contributed by atoms with Crippen LogP contribution in [0.1, 0.15) is 45.6 Å². The number of urea groups is 1. The van der Waals surface area contributed by atoms with E-state index < -0.39 is 0 Å². The molecule has 25 heavy (non-hydrogen) atoms. The molecule has 1 aromatic carbocycles. The minimum atomic E-state index is -0.0932. The topological polar surface area (TPSA) is 59.6 Å². The van der Waals surface area contributed by atoms with Gasteiger partial charge in [0, 0.05) is 12.6 Å². The van der Waals surface area contributed by atoms with Gasteiger partial charge in [-0.3, -0.25) is 0 Å². The number of rotatable bonds is 5. The fourth-order valence-corrected chi connectivity index (χ4v) is 4.80. The van der Waals surface area contributed by atoms with Gasteiger partial charge in [0.15, 0.2) is 11.5 Å². The largest absolute Gasteiger partial charge is 0.493 e. The number of carbonyl (C=O) groups excluding carboxylic acids is 1. The molecule has 2 N–H and O–H groups in total. The molecule has 2 amide bonds. The molecule has 0 aromatic heterocycles. The average Bonchev–Trinajstić information content (AvgIpc) is 2.93. The second-order valence-corrected chi connectivity index (χ2v) is 8.18. The van der Waals surface area contributed by atoms with E-state index in [4.69, 9.17) is 9.47 Å². The summed E-state index contributed by atoms with van der Waals surface area (Å²) >= 11 is 0. The van der Waals surface area contributed by atoms with Gasteiger partial charge in [-0.25, -0.2) is 4.79 Å². The molecule has 5 nitrogen and oxygen atoms in total. The average molecular weight is 346 g/mol. The van der Waals surface area contributed by atoms with Crippen molar-refractivity contribution in [3.8, 4) is 11.5 Å². The molecular formula is C20H30N2O3. The highest BCUT2D eigenvalue weighted by Crippen LogP contribution is 2.65. The Morgan fingerprint density at radius 2 is 1.92 bits per heavy atom. The van der Waals surface area contributed by atoms with Crippen molar-refractivity contribution in [2.45, 2.75) is 52.6 Å². The summed E-state index contributed by atoms with van der Waals surface area (Å²) in [6.07, 6.45) is 3.58. The van der Waals surface area contributed by atoms with Crippen LogP contribution in [0, 0.1) is 16.7 Å². The molecule has 3 atom stereocenters. The summed E-state index contributed by atoms with van der Waals surface area (Å²) in [6, 6.07) is 5.84. The zero-order chi connectivity index (χ0) is 18.2. The van der Waals surface area contributed by atoms with Crippen molar-refractivity contribution in [3.05, 3.63) is 23.8 Å². The van der Waals surface area contributed by atoms with E-state index in [2.05, 4.69) is 31.4 Å². The molecule has 1 aromatic rings. The van der Waals surface area contributed by atoms with Crippen molar-refractivity contribution in [1.29, 1.82) is 0 Å². The highest BCUT2D eigenvalue weighted by Gasteiger charge is 2.61. The Balaban J connectivity index is 1.58. The van der Waals surface area contributed by atoms with Crippen LogP contribution in [0.15, 0.2) is 18.2 Å². The van der Waals surface area contributed by atoms with Crippen LogP contribution in [0.25, 0.3) is 0 Å². The molecule has 2 saturated carbocycles.